The highest BCUT2D eigenvalue weighted by atomic mass is 35.5. The van der Waals surface area contributed by atoms with Gasteiger partial charge in [-0.3, -0.25) is 0 Å². The van der Waals surface area contributed by atoms with E-state index in [1.807, 2.05) is 36.4 Å². The van der Waals surface area contributed by atoms with Crippen molar-refractivity contribution in [3.8, 4) is 22.4 Å². The Morgan fingerprint density at radius 1 is 1.00 bits per heavy atom. The molecule has 0 spiro atoms. The van der Waals surface area contributed by atoms with Gasteiger partial charge in [-0.25, -0.2) is 14.8 Å². The summed E-state index contributed by atoms with van der Waals surface area (Å²) in [7, 11) is 0. The minimum absolute atomic E-state index is 0.0729. The van der Waals surface area contributed by atoms with Gasteiger partial charge in [0.05, 0.1) is 15.7 Å². The van der Waals surface area contributed by atoms with Gasteiger partial charge in [-0.1, -0.05) is 73.4 Å². The molecule has 2 N–H and O–H groups in total. The molecule has 0 aliphatic rings. The highest BCUT2D eigenvalue weighted by Gasteiger charge is 2.20. The molecule has 32 heavy (non-hydrogen) atoms. The molecule has 0 saturated heterocycles. The van der Waals surface area contributed by atoms with Gasteiger partial charge in [0.25, 0.3) is 0 Å². The third kappa shape index (κ3) is 4.63. The number of nitrogens with one attached hydrogen (secondary N) is 1. The largest absolute Gasteiger partial charge is 0.478 e. The summed E-state index contributed by atoms with van der Waals surface area (Å²) in [6, 6.07) is 16.5. The maximum absolute atomic E-state index is 11.9. The van der Waals surface area contributed by atoms with Crippen molar-refractivity contribution < 1.29 is 9.90 Å². The van der Waals surface area contributed by atoms with Crippen LogP contribution >= 0.6 is 34.5 Å². The average molecular weight is 484 g/mol. The molecule has 0 bridgehead atoms. The fourth-order valence-corrected chi connectivity index (χ4v) is 4.53. The fourth-order valence-electron chi connectivity index (χ4n) is 3.24. The van der Waals surface area contributed by atoms with E-state index in [9.17, 15) is 9.90 Å². The van der Waals surface area contributed by atoms with Gasteiger partial charge in [0.15, 0.2) is 5.13 Å². The summed E-state index contributed by atoms with van der Waals surface area (Å²) in [5.74, 6) is -0.620. The first-order chi connectivity index (χ1) is 15.3. The van der Waals surface area contributed by atoms with Crippen molar-refractivity contribution in [2.24, 2.45) is 0 Å². The van der Waals surface area contributed by atoms with Crippen LogP contribution < -0.4 is 5.32 Å². The standard InChI is InChI=1S/C24H19Cl2N3O2S/c1-13(2)21-20(15-8-9-18(25)19(26)11-15)28-24(32-21)29-22-17(23(30)31)10-16(12-27-22)14-6-4-3-5-7-14/h3-13H,1-2H3,(H,30,31)(H,27,28,29). The van der Waals surface area contributed by atoms with Crippen LogP contribution in [-0.2, 0) is 0 Å². The Labute approximate surface area is 199 Å². The van der Waals surface area contributed by atoms with Crippen molar-refractivity contribution in [1.29, 1.82) is 0 Å². The minimum Gasteiger partial charge on any atom is -0.478 e. The second-order valence-electron chi connectivity index (χ2n) is 7.43. The third-order valence-electron chi connectivity index (χ3n) is 4.82. The van der Waals surface area contributed by atoms with Gasteiger partial charge in [-0.05, 0) is 29.7 Å². The monoisotopic (exact) mass is 483 g/mol. The summed E-state index contributed by atoms with van der Waals surface area (Å²) in [6.45, 7) is 4.15. The zero-order valence-electron chi connectivity index (χ0n) is 17.3. The number of carboxylic acid groups (broad SMARTS) is 1. The summed E-state index contributed by atoms with van der Waals surface area (Å²) in [5, 5.41) is 14.4. The van der Waals surface area contributed by atoms with E-state index in [-0.39, 0.29) is 17.3 Å². The molecule has 4 rings (SSSR count). The highest BCUT2D eigenvalue weighted by molar-refractivity contribution is 7.16. The van der Waals surface area contributed by atoms with Crippen molar-refractivity contribution in [2.45, 2.75) is 19.8 Å². The molecule has 8 heteroatoms. The third-order valence-corrected chi connectivity index (χ3v) is 6.83. The Morgan fingerprint density at radius 3 is 2.41 bits per heavy atom. The van der Waals surface area contributed by atoms with Gasteiger partial charge in [-0.2, -0.15) is 0 Å². The molecular weight excluding hydrogens is 465 g/mol. The smallest absolute Gasteiger partial charge is 0.339 e. The normalized spacial score (nSPS) is 11.0. The molecule has 5 nitrogen and oxygen atoms in total. The van der Waals surface area contributed by atoms with E-state index in [1.54, 1.807) is 24.4 Å². The number of halogens is 2. The predicted molar refractivity (Wildman–Crippen MR) is 132 cm³/mol. The van der Waals surface area contributed by atoms with Crippen molar-refractivity contribution >= 4 is 51.5 Å². The fraction of sp³-hybridized carbons (Fsp3) is 0.125. The first-order valence-electron chi connectivity index (χ1n) is 9.85. The molecule has 0 aliphatic carbocycles. The van der Waals surface area contributed by atoms with E-state index in [0.29, 0.717) is 15.2 Å². The molecule has 0 saturated carbocycles. The molecule has 0 atom stereocenters. The van der Waals surface area contributed by atoms with Gasteiger partial charge in [0.1, 0.15) is 11.4 Å². The van der Waals surface area contributed by atoms with Crippen LogP contribution in [-0.4, -0.2) is 21.0 Å². The van der Waals surface area contributed by atoms with E-state index in [4.69, 9.17) is 28.2 Å². The lowest BCUT2D eigenvalue weighted by Gasteiger charge is -2.08. The number of carboxylic acids is 1. The second kappa shape index (κ2) is 9.28. The first kappa shape index (κ1) is 22.3. The summed E-state index contributed by atoms with van der Waals surface area (Å²) in [5.41, 5.74) is 3.32. The number of nitrogens with zero attached hydrogens (tertiary/aromatic N) is 2. The summed E-state index contributed by atoms with van der Waals surface area (Å²) < 4.78 is 0. The predicted octanol–water partition coefficient (Wildman–Crippen LogP) is 7.74. The average Bonchev–Trinajstić information content (AvgIpc) is 3.20. The number of hydrogen-bond donors (Lipinski definition) is 2. The number of carbonyl (C=O) groups is 1. The van der Waals surface area contributed by atoms with Gasteiger partial charge < -0.3 is 10.4 Å². The van der Waals surface area contributed by atoms with E-state index >= 15 is 0 Å². The Kier molecular flexibility index (Phi) is 6.46. The Bertz CT molecular complexity index is 1290. The summed E-state index contributed by atoms with van der Waals surface area (Å²) in [4.78, 5) is 22.1. The van der Waals surface area contributed by atoms with Crippen molar-refractivity contribution in [1.82, 2.24) is 9.97 Å². The number of pyridine rings is 1. The molecule has 2 aromatic heterocycles. The zero-order chi connectivity index (χ0) is 22.8. The van der Waals surface area contributed by atoms with Gasteiger partial charge in [-0.15, -0.1) is 11.3 Å². The lowest BCUT2D eigenvalue weighted by molar-refractivity contribution is 0.0697. The van der Waals surface area contributed by atoms with Crippen LogP contribution in [0.4, 0.5) is 10.9 Å². The lowest BCUT2D eigenvalue weighted by Crippen LogP contribution is -2.05. The molecule has 2 heterocycles. The maximum atomic E-state index is 11.9. The van der Waals surface area contributed by atoms with Gasteiger partial charge in [0, 0.05) is 22.2 Å². The first-order valence-corrected chi connectivity index (χ1v) is 11.4. The number of rotatable bonds is 6. The van der Waals surface area contributed by atoms with Crippen LogP contribution in [0, 0.1) is 0 Å². The molecular formula is C24H19Cl2N3O2S. The molecule has 2 aromatic carbocycles. The lowest BCUT2D eigenvalue weighted by atomic mass is 10.1. The minimum atomic E-state index is -1.07. The molecule has 0 amide bonds. The van der Waals surface area contributed by atoms with Gasteiger partial charge >= 0.3 is 5.97 Å². The van der Waals surface area contributed by atoms with Crippen LogP contribution in [0.5, 0.6) is 0 Å². The van der Waals surface area contributed by atoms with Crippen LogP contribution in [0.1, 0.15) is 35.0 Å². The number of aromatic carboxylic acids is 1. The number of thiazole rings is 1. The highest BCUT2D eigenvalue weighted by Crippen LogP contribution is 2.39. The van der Waals surface area contributed by atoms with Crippen molar-refractivity contribution in [3.63, 3.8) is 0 Å². The van der Waals surface area contributed by atoms with Crippen LogP contribution in [0.25, 0.3) is 22.4 Å². The molecule has 0 radical (unpaired) electrons. The van der Waals surface area contributed by atoms with E-state index in [2.05, 4.69) is 24.1 Å². The number of aromatic nitrogens is 2. The van der Waals surface area contributed by atoms with E-state index in [0.717, 1.165) is 27.3 Å². The summed E-state index contributed by atoms with van der Waals surface area (Å²) >= 11 is 13.7. The van der Waals surface area contributed by atoms with Crippen molar-refractivity contribution in [3.05, 3.63) is 81.3 Å². The Morgan fingerprint density at radius 2 is 1.75 bits per heavy atom. The van der Waals surface area contributed by atoms with Gasteiger partial charge in [0.2, 0.25) is 0 Å². The topological polar surface area (TPSA) is 75.1 Å². The van der Waals surface area contributed by atoms with Crippen LogP contribution in [0.3, 0.4) is 0 Å². The van der Waals surface area contributed by atoms with Crippen LogP contribution in [0.2, 0.25) is 10.0 Å². The van der Waals surface area contributed by atoms with E-state index in [1.165, 1.54) is 11.3 Å². The maximum Gasteiger partial charge on any atom is 0.339 e. The molecule has 162 valence electrons. The molecule has 4 aromatic rings. The van der Waals surface area contributed by atoms with E-state index < -0.39 is 5.97 Å². The Balaban J connectivity index is 1.72. The molecule has 0 aliphatic heterocycles. The Hall–Kier alpha value is -2.93. The van der Waals surface area contributed by atoms with Crippen LogP contribution in [0.15, 0.2) is 60.8 Å². The number of hydrogen-bond acceptors (Lipinski definition) is 5. The number of benzene rings is 2. The number of anilines is 2. The van der Waals surface area contributed by atoms with Crippen molar-refractivity contribution in [2.75, 3.05) is 5.32 Å². The summed E-state index contributed by atoms with van der Waals surface area (Å²) in [6.07, 6.45) is 1.65. The quantitative estimate of drug-likeness (QED) is 0.293. The second-order valence-corrected chi connectivity index (χ2v) is 9.28. The molecule has 0 unspecified atom stereocenters. The SMILES string of the molecule is CC(C)c1sc(Nc2ncc(-c3ccccc3)cc2C(=O)O)nc1-c1ccc(Cl)c(Cl)c1. The zero-order valence-corrected chi connectivity index (χ0v) is 19.6. The molecule has 0 fully saturated rings.